The molecule has 0 spiro atoms. The van der Waals surface area contributed by atoms with Crippen LogP contribution in [-0.4, -0.2) is 18.7 Å². The van der Waals surface area contributed by atoms with Gasteiger partial charge in [-0.25, -0.2) is 5.43 Å². The summed E-state index contributed by atoms with van der Waals surface area (Å²) in [5, 5.41) is 3.89. The molecule has 0 saturated heterocycles. The van der Waals surface area contributed by atoms with E-state index in [0.29, 0.717) is 0 Å². The van der Waals surface area contributed by atoms with E-state index in [1.54, 1.807) is 6.21 Å². The van der Waals surface area contributed by atoms with Crippen molar-refractivity contribution in [2.75, 3.05) is 6.61 Å². The Hall–Kier alpha value is -2.62. The van der Waals surface area contributed by atoms with Gasteiger partial charge in [0.2, 0.25) is 0 Å². The molecule has 108 valence electrons. The smallest absolute Gasteiger partial charge is 0.277 e. The lowest BCUT2D eigenvalue weighted by atomic mass is 10.1. The van der Waals surface area contributed by atoms with Gasteiger partial charge in [-0.15, -0.1) is 0 Å². The molecule has 2 rings (SSSR count). The fourth-order valence-corrected chi connectivity index (χ4v) is 1.77. The van der Waals surface area contributed by atoms with Gasteiger partial charge in [0.15, 0.2) is 6.61 Å². The molecular formula is C17H18N2O2. The van der Waals surface area contributed by atoms with Crippen molar-refractivity contribution < 1.29 is 9.53 Å². The molecule has 0 aliphatic carbocycles. The van der Waals surface area contributed by atoms with E-state index < -0.39 is 0 Å². The first-order valence-corrected chi connectivity index (χ1v) is 6.73. The number of hydrazone groups is 1. The van der Waals surface area contributed by atoms with Crippen LogP contribution in [-0.2, 0) is 4.79 Å². The summed E-state index contributed by atoms with van der Waals surface area (Å²) < 4.78 is 5.50. The molecule has 1 amide bonds. The third kappa shape index (κ3) is 4.45. The Morgan fingerprint density at radius 1 is 1.14 bits per heavy atom. The van der Waals surface area contributed by atoms with Gasteiger partial charge in [0.25, 0.3) is 5.91 Å². The third-order valence-corrected chi connectivity index (χ3v) is 3.12. The minimum absolute atomic E-state index is 0.0591. The van der Waals surface area contributed by atoms with Gasteiger partial charge >= 0.3 is 0 Å². The molecule has 0 bridgehead atoms. The molecule has 2 aromatic carbocycles. The third-order valence-electron chi connectivity index (χ3n) is 3.12. The van der Waals surface area contributed by atoms with Crippen LogP contribution in [0.15, 0.2) is 53.6 Å². The van der Waals surface area contributed by atoms with Crippen LogP contribution in [0.5, 0.6) is 5.75 Å². The lowest BCUT2D eigenvalue weighted by Gasteiger charge is -2.09. The molecule has 0 aliphatic heterocycles. The number of benzene rings is 2. The first kappa shape index (κ1) is 14.8. The van der Waals surface area contributed by atoms with Crippen LogP contribution in [0.2, 0.25) is 0 Å². The maximum absolute atomic E-state index is 11.7. The Labute approximate surface area is 124 Å². The Bertz CT molecular complexity index is 636. The van der Waals surface area contributed by atoms with E-state index in [2.05, 4.69) is 10.5 Å². The van der Waals surface area contributed by atoms with Gasteiger partial charge < -0.3 is 4.74 Å². The number of hydrogen-bond donors (Lipinski definition) is 1. The van der Waals surface area contributed by atoms with E-state index in [0.717, 1.165) is 22.4 Å². The summed E-state index contributed by atoms with van der Waals surface area (Å²) in [6, 6.07) is 15.3. The second kappa shape index (κ2) is 7.24. The van der Waals surface area contributed by atoms with Gasteiger partial charge in [-0.3, -0.25) is 4.79 Å². The molecule has 0 fully saturated rings. The predicted molar refractivity (Wildman–Crippen MR) is 83.6 cm³/mol. The summed E-state index contributed by atoms with van der Waals surface area (Å²) in [7, 11) is 0. The van der Waals surface area contributed by atoms with Crippen LogP contribution in [0.1, 0.15) is 16.7 Å². The Balaban J connectivity index is 1.83. The Morgan fingerprint density at radius 2 is 1.90 bits per heavy atom. The van der Waals surface area contributed by atoms with Crippen LogP contribution >= 0.6 is 0 Å². The van der Waals surface area contributed by atoms with Crippen molar-refractivity contribution in [2.45, 2.75) is 13.8 Å². The van der Waals surface area contributed by atoms with E-state index in [4.69, 9.17) is 4.74 Å². The highest BCUT2D eigenvalue weighted by molar-refractivity contribution is 5.82. The van der Waals surface area contributed by atoms with E-state index in [1.807, 2.05) is 62.4 Å². The molecule has 0 heterocycles. The highest BCUT2D eigenvalue weighted by Crippen LogP contribution is 2.20. The number of aryl methyl sites for hydroxylation is 1. The van der Waals surface area contributed by atoms with Gasteiger partial charge in [0.1, 0.15) is 5.75 Å². The lowest BCUT2D eigenvalue weighted by Crippen LogP contribution is -2.24. The average Bonchev–Trinajstić information content (AvgIpc) is 2.50. The van der Waals surface area contributed by atoms with Crippen LogP contribution in [0.25, 0.3) is 0 Å². The zero-order chi connectivity index (χ0) is 15.1. The van der Waals surface area contributed by atoms with Crippen molar-refractivity contribution >= 4 is 12.1 Å². The second-order valence-electron chi connectivity index (χ2n) is 4.69. The number of rotatable bonds is 5. The molecule has 0 aromatic heterocycles. The fraction of sp³-hybridized carbons (Fsp3) is 0.176. The quantitative estimate of drug-likeness (QED) is 0.677. The molecule has 4 heteroatoms. The zero-order valence-corrected chi connectivity index (χ0v) is 12.2. The molecular weight excluding hydrogens is 264 g/mol. The first-order chi connectivity index (χ1) is 10.2. The van der Waals surface area contributed by atoms with Gasteiger partial charge in [-0.1, -0.05) is 42.5 Å². The van der Waals surface area contributed by atoms with Crippen molar-refractivity contribution in [3.8, 4) is 5.75 Å². The Kier molecular flexibility index (Phi) is 5.10. The number of nitrogens with one attached hydrogen (secondary N) is 1. The fourth-order valence-electron chi connectivity index (χ4n) is 1.77. The molecule has 0 unspecified atom stereocenters. The summed E-state index contributed by atoms with van der Waals surface area (Å²) in [4.78, 5) is 11.7. The van der Waals surface area contributed by atoms with Crippen LogP contribution < -0.4 is 10.2 Å². The molecule has 0 aliphatic rings. The van der Waals surface area contributed by atoms with Gasteiger partial charge in [0.05, 0.1) is 6.21 Å². The maximum atomic E-state index is 11.7. The molecule has 1 N–H and O–H groups in total. The summed E-state index contributed by atoms with van der Waals surface area (Å²) in [6.45, 7) is 3.92. The summed E-state index contributed by atoms with van der Waals surface area (Å²) in [5.74, 6) is 0.431. The largest absolute Gasteiger partial charge is 0.483 e. The monoisotopic (exact) mass is 282 g/mol. The SMILES string of the molecule is Cc1cccc(OCC(=O)N/N=C/c2ccccc2)c1C. The maximum Gasteiger partial charge on any atom is 0.277 e. The van der Waals surface area contributed by atoms with Crippen LogP contribution in [0.3, 0.4) is 0 Å². The van der Waals surface area contributed by atoms with Crippen LogP contribution in [0.4, 0.5) is 0 Å². The minimum Gasteiger partial charge on any atom is -0.483 e. The average molecular weight is 282 g/mol. The number of carbonyl (C=O) groups is 1. The van der Waals surface area contributed by atoms with Gasteiger partial charge in [-0.05, 0) is 36.6 Å². The zero-order valence-electron chi connectivity index (χ0n) is 12.2. The molecule has 2 aromatic rings. The van der Waals surface area contributed by atoms with Gasteiger partial charge in [0, 0.05) is 0 Å². The normalized spacial score (nSPS) is 10.6. The molecule has 0 saturated carbocycles. The standard InChI is InChI=1S/C17H18N2O2/c1-13-7-6-10-16(14(13)2)21-12-17(20)19-18-11-15-8-4-3-5-9-15/h3-11H,12H2,1-2H3,(H,19,20)/b18-11+. The molecule has 0 radical (unpaired) electrons. The van der Waals surface area contributed by atoms with Crippen molar-refractivity contribution in [3.05, 3.63) is 65.2 Å². The highest BCUT2D eigenvalue weighted by atomic mass is 16.5. The number of ether oxygens (including phenoxy) is 1. The van der Waals surface area contributed by atoms with E-state index in [9.17, 15) is 4.79 Å². The lowest BCUT2D eigenvalue weighted by molar-refractivity contribution is -0.123. The number of carbonyl (C=O) groups excluding carboxylic acids is 1. The van der Waals surface area contributed by atoms with Crippen molar-refractivity contribution in [1.29, 1.82) is 0 Å². The van der Waals surface area contributed by atoms with E-state index in [1.165, 1.54) is 0 Å². The topological polar surface area (TPSA) is 50.7 Å². The van der Waals surface area contributed by atoms with Crippen molar-refractivity contribution in [2.24, 2.45) is 5.10 Å². The van der Waals surface area contributed by atoms with E-state index >= 15 is 0 Å². The molecule has 4 nitrogen and oxygen atoms in total. The number of nitrogens with zero attached hydrogens (tertiary/aromatic N) is 1. The summed E-state index contributed by atoms with van der Waals surface area (Å²) >= 11 is 0. The summed E-state index contributed by atoms with van der Waals surface area (Å²) in [6.07, 6.45) is 1.59. The number of amides is 1. The second-order valence-corrected chi connectivity index (χ2v) is 4.69. The minimum atomic E-state index is -0.289. The van der Waals surface area contributed by atoms with Crippen molar-refractivity contribution in [1.82, 2.24) is 5.43 Å². The van der Waals surface area contributed by atoms with Gasteiger partial charge in [-0.2, -0.15) is 5.10 Å². The summed E-state index contributed by atoms with van der Waals surface area (Å²) in [5.41, 5.74) is 5.54. The Morgan fingerprint density at radius 3 is 2.67 bits per heavy atom. The first-order valence-electron chi connectivity index (χ1n) is 6.73. The number of hydrogen-bond acceptors (Lipinski definition) is 3. The molecule has 0 atom stereocenters. The van der Waals surface area contributed by atoms with Crippen molar-refractivity contribution in [3.63, 3.8) is 0 Å². The van der Waals surface area contributed by atoms with Crippen LogP contribution in [0, 0.1) is 13.8 Å². The van der Waals surface area contributed by atoms with E-state index in [-0.39, 0.29) is 12.5 Å². The highest BCUT2D eigenvalue weighted by Gasteiger charge is 2.05. The molecule has 21 heavy (non-hydrogen) atoms. The predicted octanol–water partition coefficient (Wildman–Crippen LogP) is 2.83.